The van der Waals surface area contributed by atoms with E-state index in [1.807, 2.05) is 19.2 Å². The molecule has 3 heterocycles. The van der Waals surface area contributed by atoms with Gasteiger partial charge in [0.25, 0.3) is 0 Å². The number of likely N-dealkylation sites (tertiary alicyclic amines) is 1. The lowest BCUT2D eigenvalue weighted by Crippen LogP contribution is -2.47. The van der Waals surface area contributed by atoms with Crippen LogP contribution in [-0.2, 0) is 0 Å². The van der Waals surface area contributed by atoms with Crippen LogP contribution in [0.15, 0.2) is 37.5 Å². The first-order chi connectivity index (χ1) is 11.6. The molecule has 2 aromatic heterocycles. The molecule has 0 saturated carbocycles. The smallest absolute Gasteiger partial charge is 0.187 e. The molecule has 3 rings (SSSR count). The number of carbonyl (C=O) groups excluding carboxylic acids is 1. The average molecular weight is 329 g/mol. The largest absolute Gasteiger partial charge is 0.375 e. The fourth-order valence-corrected chi connectivity index (χ4v) is 2.98. The van der Waals surface area contributed by atoms with Crippen LogP contribution in [0.5, 0.6) is 0 Å². The maximum absolute atomic E-state index is 14.4. The van der Waals surface area contributed by atoms with Crippen LogP contribution >= 0.6 is 0 Å². The Kier molecular flexibility index (Phi) is 4.59. The zero-order chi connectivity index (χ0) is 17.1. The van der Waals surface area contributed by atoms with Gasteiger partial charge in [0.1, 0.15) is 24.0 Å². The van der Waals surface area contributed by atoms with E-state index in [1.165, 1.54) is 12.4 Å². The van der Waals surface area contributed by atoms with E-state index < -0.39 is 12.2 Å². The molecule has 0 aliphatic carbocycles. The molecule has 2 atom stereocenters. The predicted molar refractivity (Wildman–Crippen MR) is 91.7 cm³/mol. The van der Waals surface area contributed by atoms with Gasteiger partial charge in [0.05, 0.1) is 17.0 Å². The maximum Gasteiger partial charge on any atom is 0.187 e. The van der Waals surface area contributed by atoms with E-state index >= 15 is 0 Å². The van der Waals surface area contributed by atoms with Gasteiger partial charge >= 0.3 is 0 Å². The van der Waals surface area contributed by atoms with Gasteiger partial charge in [-0.1, -0.05) is 12.7 Å². The minimum absolute atomic E-state index is 0.227. The number of hydrogen-bond acceptors (Lipinski definition) is 5. The highest BCUT2D eigenvalue weighted by molar-refractivity contribution is 6.15. The van der Waals surface area contributed by atoms with Gasteiger partial charge < -0.3 is 15.2 Å². The predicted octanol–water partition coefficient (Wildman–Crippen LogP) is 2.68. The van der Waals surface area contributed by atoms with Crippen molar-refractivity contribution in [3.63, 3.8) is 0 Å². The number of alkyl halides is 1. The van der Waals surface area contributed by atoms with E-state index in [-0.39, 0.29) is 5.78 Å². The van der Waals surface area contributed by atoms with Crippen molar-refractivity contribution in [1.82, 2.24) is 19.9 Å². The second-order valence-corrected chi connectivity index (χ2v) is 5.75. The number of ketones is 1. The summed E-state index contributed by atoms with van der Waals surface area (Å²) in [4.78, 5) is 25.4. The third-order valence-corrected chi connectivity index (χ3v) is 4.16. The lowest BCUT2D eigenvalue weighted by molar-refractivity contribution is 0.104. The van der Waals surface area contributed by atoms with Crippen molar-refractivity contribution in [1.29, 1.82) is 0 Å². The highest BCUT2D eigenvalue weighted by Crippen LogP contribution is 2.26. The Balaban J connectivity index is 1.93. The van der Waals surface area contributed by atoms with E-state index in [9.17, 15) is 9.18 Å². The van der Waals surface area contributed by atoms with Crippen molar-refractivity contribution in [3.8, 4) is 0 Å². The number of aromatic nitrogens is 3. The van der Waals surface area contributed by atoms with Crippen LogP contribution < -0.4 is 5.32 Å². The van der Waals surface area contributed by atoms with E-state index in [0.29, 0.717) is 41.9 Å². The van der Waals surface area contributed by atoms with Crippen LogP contribution in [0.2, 0.25) is 0 Å². The lowest BCUT2D eigenvalue weighted by atomic mass is 10.0. The summed E-state index contributed by atoms with van der Waals surface area (Å²) in [5, 5.41) is 3.73. The Hall–Kier alpha value is -2.70. The molecule has 24 heavy (non-hydrogen) atoms. The topological polar surface area (TPSA) is 73.9 Å². The fraction of sp³-hybridized carbons (Fsp3) is 0.353. The summed E-state index contributed by atoms with van der Waals surface area (Å²) in [6.45, 7) is 6.67. The number of carbonyl (C=O) groups is 1. The molecule has 2 N–H and O–H groups in total. The molecule has 2 aromatic rings. The number of nitrogens with zero attached hydrogens (tertiary/aromatic N) is 3. The molecule has 126 valence electrons. The summed E-state index contributed by atoms with van der Waals surface area (Å²) in [7, 11) is 0. The highest BCUT2D eigenvalue weighted by atomic mass is 19.1. The molecule has 0 bridgehead atoms. The molecule has 1 aliphatic rings. The molecule has 0 unspecified atom stereocenters. The van der Waals surface area contributed by atoms with Gasteiger partial charge in [0.2, 0.25) is 0 Å². The number of anilines is 1. The van der Waals surface area contributed by atoms with Crippen LogP contribution in [0.1, 0.15) is 23.7 Å². The Labute approximate surface area is 139 Å². The summed E-state index contributed by atoms with van der Waals surface area (Å²) in [5.74, 6) is 0.233. The number of halogens is 1. The minimum atomic E-state index is -0.978. The summed E-state index contributed by atoms with van der Waals surface area (Å²) in [5.41, 5.74) is 0.967. The molecule has 7 heteroatoms. The van der Waals surface area contributed by atoms with Gasteiger partial charge in [0.15, 0.2) is 5.78 Å². The molecule has 1 saturated heterocycles. The summed E-state index contributed by atoms with van der Waals surface area (Å²) in [6, 6.07) is -0.408. The second-order valence-electron chi connectivity index (χ2n) is 5.75. The Bertz CT molecular complexity index is 784. The molecular formula is C17H20FN5O. The van der Waals surface area contributed by atoms with E-state index in [0.717, 1.165) is 0 Å². The number of hydrogen-bond donors (Lipinski definition) is 2. The third kappa shape index (κ3) is 3.02. The number of fused-ring (bicyclic) bond motifs is 1. The van der Waals surface area contributed by atoms with Crippen LogP contribution in [0.3, 0.4) is 0 Å². The van der Waals surface area contributed by atoms with Crippen molar-refractivity contribution in [2.75, 3.05) is 18.4 Å². The third-order valence-electron chi connectivity index (χ3n) is 4.16. The van der Waals surface area contributed by atoms with Crippen molar-refractivity contribution in [3.05, 3.63) is 43.0 Å². The first-order valence-corrected chi connectivity index (χ1v) is 7.90. The van der Waals surface area contributed by atoms with Gasteiger partial charge in [0, 0.05) is 19.3 Å². The molecule has 6 nitrogen and oxygen atoms in total. The van der Waals surface area contributed by atoms with Gasteiger partial charge in [-0.15, -0.1) is 0 Å². The monoisotopic (exact) mass is 329 g/mol. The first-order valence-electron chi connectivity index (χ1n) is 7.90. The number of allylic oxidation sites excluding steroid dienone is 2. The number of aromatic amines is 1. The van der Waals surface area contributed by atoms with Crippen LogP contribution in [0.25, 0.3) is 11.0 Å². The van der Waals surface area contributed by atoms with Crippen molar-refractivity contribution >= 4 is 22.6 Å². The van der Waals surface area contributed by atoms with Gasteiger partial charge in [-0.3, -0.25) is 4.79 Å². The van der Waals surface area contributed by atoms with E-state index in [4.69, 9.17) is 0 Å². The Morgan fingerprint density at radius 2 is 2.38 bits per heavy atom. The number of H-pyrrole nitrogens is 1. The highest BCUT2D eigenvalue weighted by Gasteiger charge is 2.29. The Morgan fingerprint density at radius 1 is 1.54 bits per heavy atom. The molecule has 0 aromatic carbocycles. The fourth-order valence-electron chi connectivity index (χ4n) is 2.98. The van der Waals surface area contributed by atoms with E-state index in [2.05, 4.69) is 31.7 Å². The summed E-state index contributed by atoms with van der Waals surface area (Å²) in [6.07, 6.45) is 7.57. The number of nitrogens with one attached hydrogen (secondary N) is 2. The van der Waals surface area contributed by atoms with Crippen molar-refractivity contribution < 1.29 is 9.18 Å². The summed E-state index contributed by atoms with van der Waals surface area (Å²) >= 11 is 0. The molecule has 0 amide bonds. The Morgan fingerprint density at radius 3 is 3.12 bits per heavy atom. The van der Waals surface area contributed by atoms with Crippen molar-refractivity contribution in [2.45, 2.75) is 25.6 Å². The normalized spacial score (nSPS) is 21.3. The first kappa shape index (κ1) is 16.2. The number of piperidine rings is 1. The zero-order valence-electron chi connectivity index (χ0n) is 13.5. The average Bonchev–Trinajstić information content (AvgIpc) is 3.02. The van der Waals surface area contributed by atoms with Gasteiger partial charge in [-0.05, 0) is 25.6 Å². The standard InChI is InChI=1S/C17H20FN5O/c1-3-6-23-7-5-12(18)13(9-23)22-17-15-11(14(24)4-2)8-19-16(15)20-10-21-17/h3-4,6,8,10,12-13H,2,5,7,9H2,1H3,(H2,19,20,21,22)/t12-,13+/m1/s1. The molecule has 1 aliphatic heterocycles. The van der Waals surface area contributed by atoms with E-state index in [1.54, 1.807) is 6.20 Å². The van der Waals surface area contributed by atoms with Crippen LogP contribution in [0.4, 0.5) is 10.2 Å². The zero-order valence-corrected chi connectivity index (χ0v) is 13.5. The van der Waals surface area contributed by atoms with Gasteiger partial charge in [-0.2, -0.15) is 0 Å². The van der Waals surface area contributed by atoms with Crippen LogP contribution in [-0.4, -0.2) is 50.9 Å². The van der Waals surface area contributed by atoms with Crippen molar-refractivity contribution in [2.24, 2.45) is 0 Å². The summed E-state index contributed by atoms with van der Waals surface area (Å²) < 4.78 is 14.4. The number of rotatable bonds is 5. The molecule has 0 radical (unpaired) electrons. The quantitative estimate of drug-likeness (QED) is 0.652. The molecular weight excluding hydrogens is 309 g/mol. The SMILES string of the molecule is C=CC(=O)c1c[nH]c2ncnc(N[C@H]3CN(C=CC)CC[C@H]3F)c12. The van der Waals surface area contributed by atoms with Gasteiger partial charge in [-0.25, -0.2) is 14.4 Å². The minimum Gasteiger partial charge on any atom is -0.375 e. The van der Waals surface area contributed by atoms with Crippen LogP contribution in [0, 0.1) is 0 Å². The maximum atomic E-state index is 14.4. The molecule has 1 fully saturated rings. The molecule has 0 spiro atoms. The second kappa shape index (κ2) is 6.82. The lowest BCUT2D eigenvalue weighted by Gasteiger charge is -2.35.